The van der Waals surface area contributed by atoms with Crippen LogP contribution in [0.25, 0.3) is 0 Å². The van der Waals surface area contributed by atoms with E-state index in [-0.39, 0.29) is 19.3 Å². The van der Waals surface area contributed by atoms with Gasteiger partial charge in [-0.3, -0.25) is 4.18 Å². The zero-order valence-electron chi connectivity index (χ0n) is 16.0. The van der Waals surface area contributed by atoms with Crippen LogP contribution in [-0.2, 0) is 33.2 Å². The van der Waals surface area contributed by atoms with Gasteiger partial charge < -0.3 is 18.9 Å². The van der Waals surface area contributed by atoms with Crippen LogP contribution in [-0.4, -0.2) is 59.0 Å². The first-order valence-electron chi connectivity index (χ1n) is 9.06. The molecule has 0 aromatic heterocycles. The Labute approximate surface area is 163 Å². The molecule has 0 aromatic rings. The second kappa shape index (κ2) is 8.97. The number of rotatable bonds is 10. The van der Waals surface area contributed by atoms with Gasteiger partial charge in [-0.25, -0.2) is 0 Å². The summed E-state index contributed by atoms with van der Waals surface area (Å²) in [5, 5.41) is 0. The molecule has 2 rings (SSSR count). The Hall–Kier alpha value is -0.720. The average molecular weight is 432 g/mol. The fraction of sp³-hybridized carbons (Fsp3) is 0.882. The van der Waals surface area contributed by atoms with Gasteiger partial charge in [0, 0.05) is 20.1 Å². The van der Waals surface area contributed by atoms with Crippen LogP contribution in [0.2, 0.25) is 0 Å². The second-order valence-corrected chi connectivity index (χ2v) is 8.52. The van der Waals surface area contributed by atoms with Crippen LogP contribution in [0, 0.1) is 5.41 Å². The first-order chi connectivity index (χ1) is 13.1. The Morgan fingerprint density at radius 1 is 1.36 bits per heavy atom. The molecule has 0 unspecified atom stereocenters. The van der Waals surface area contributed by atoms with E-state index >= 15 is 0 Å². The normalized spacial score (nSPS) is 33.6. The molecular formula is C17H27F3O7S. The van der Waals surface area contributed by atoms with Crippen LogP contribution in [0.4, 0.5) is 13.2 Å². The third-order valence-electron chi connectivity index (χ3n) is 5.26. The zero-order valence-corrected chi connectivity index (χ0v) is 16.8. The SMILES string of the molecule is C=CC[C@@]12C[C@@H](COS(=O)(=O)C(F)(F)F)O[C@]1(OCC)CCC[C@H]2OCOC. The van der Waals surface area contributed by atoms with Crippen molar-refractivity contribution in [1.82, 2.24) is 0 Å². The van der Waals surface area contributed by atoms with E-state index in [0.717, 1.165) is 0 Å². The molecule has 1 heterocycles. The first-order valence-corrected chi connectivity index (χ1v) is 10.5. The molecule has 1 saturated carbocycles. The molecule has 7 nitrogen and oxygen atoms in total. The van der Waals surface area contributed by atoms with Gasteiger partial charge in [0.2, 0.25) is 0 Å². The second-order valence-electron chi connectivity index (χ2n) is 6.92. The van der Waals surface area contributed by atoms with Gasteiger partial charge in [-0.05, 0) is 32.6 Å². The molecule has 1 aliphatic heterocycles. The molecule has 0 spiro atoms. The van der Waals surface area contributed by atoms with E-state index in [9.17, 15) is 21.6 Å². The predicted octanol–water partition coefficient (Wildman–Crippen LogP) is 3.11. The summed E-state index contributed by atoms with van der Waals surface area (Å²) >= 11 is 0. The van der Waals surface area contributed by atoms with Crippen LogP contribution >= 0.6 is 0 Å². The first kappa shape index (κ1) is 23.6. The fourth-order valence-electron chi connectivity index (χ4n) is 4.30. The maximum atomic E-state index is 12.6. The van der Waals surface area contributed by atoms with Crippen molar-refractivity contribution in [3.63, 3.8) is 0 Å². The number of hydrogen-bond acceptors (Lipinski definition) is 7. The highest BCUT2D eigenvalue weighted by molar-refractivity contribution is 7.87. The van der Waals surface area contributed by atoms with Crippen molar-refractivity contribution in [3.05, 3.63) is 12.7 Å². The molecule has 0 aromatic carbocycles. The molecule has 1 saturated heterocycles. The van der Waals surface area contributed by atoms with Crippen molar-refractivity contribution < 1.29 is 44.7 Å². The summed E-state index contributed by atoms with van der Waals surface area (Å²) in [5.74, 6) is -1.12. The smallest absolute Gasteiger partial charge is 0.359 e. The Bertz CT molecular complexity index is 635. The largest absolute Gasteiger partial charge is 0.523 e. The van der Waals surface area contributed by atoms with Gasteiger partial charge in [0.15, 0.2) is 5.79 Å². The minimum absolute atomic E-state index is 0.0371. The standard InChI is InChI=1S/C17H27F3O7S/c1-4-8-15-10-13(11-26-28(21,22)17(18,19)20)27-16(15,25-5-2)9-6-7-14(15)24-12-23-3/h4,13-14H,1,5-12H2,2-3H3/t13-,14+,15-,16+/m0/s1. The van der Waals surface area contributed by atoms with Gasteiger partial charge in [-0.1, -0.05) is 6.08 Å². The van der Waals surface area contributed by atoms with Gasteiger partial charge in [-0.2, -0.15) is 21.6 Å². The van der Waals surface area contributed by atoms with E-state index < -0.39 is 39.5 Å². The van der Waals surface area contributed by atoms with Crippen molar-refractivity contribution in [2.45, 2.75) is 62.5 Å². The highest BCUT2D eigenvalue weighted by Gasteiger charge is 2.65. The van der Waals surface area contributed by atoms with E-state index in [2.05, 4.69) is 10.8 Å². The van der Waals surface area contributed by atoms with Gasteiger partial charge in [0.05, 0.1) is 24.2 Å². The monoisotopic (exact) mass is 432 g/mol. The number of halogens is 3. The van der Waals surface area contributed by atoms with Crippen LogP contribution in [0.5, 0.6) is 0 Å². The molecule has 4 atom stereocenters. The molecule has 11 heteroatoms. The number of alkyl halides is 3. The average Bonchev–Trinajstić information content (AvgIpc) is 2.92. The van der Waals surface area contributed by atoms with Crippen LogP contribution < -0.4 is 0 Å². The van der Waals surface area contributed by atoms with Crippen LogP contribution in [0.15, 0.2) is 12.7 Å². The number of fused-ring (bicyclic) bond motifs is 1. The zero-order chi connectivity index (χ0) is 21.1. The Kier molecular flexibility index (Phi) is 7.54. The lowest BCUT2D eigenvalue weighted by Crippen LogP contribution is -2.57. The maximum absolute atomic E-state index is 12.6. The molecule has 0 N–H and O–H groups in total. The molecule has 2 fully saturated rings. The van der Waals surface area contributed by atoms with Gasteiger partial charge in [-0.15, -0.1) is 6.58 Å². The minimum atomic E-state index is -5.70. The lowest BCUT2D eigenvalue weighted by atomic mass is 9.64. The molecule has 2 aliphatic rings. The summed E-state index contributed by atoms with van der Waals surface area (Å²) in [5.41, 5.74) is -6.23. The Balaban J connectivity index is 2.29. The Morgan fingerprint density at radius 3 is 2.64 bits per heavy atom. The van der Waals surface area contributed by atoms with E-state index in [1.165, 1.54) is 7.11 Å². The van der Waals surface area contributed by atoms with Crippen LogP contribution in [0.1, 0.15) is 39.0 Å². The summed E-state index contributed by atoms with van der Waals surface area (Å²) in [6.07, 6.45) is 2.95. The summed E-state index contributed by atoms with van der Waals surface area (Å²) in [6.45, 7) is 5.16. The molecule has 0 radical (unpaired) electrons. The summed E-state index contributed by atoms with van der Waals surface area (Å²) in [7, 11) is -4.21. The van der Waals surface area contributed by atoms with Crippen molar-refractivity contribution in [2.24, 2.45) is 5.41 Å². The summed E-state index contributed by atoms with van der Waals surface area (Å²) in [6, 6.07) is 0. The van der Waals surface area contributed by atoms with Gasteiger partial charge in [0.25, 0.3) is 0 Å². The molecular weight excluding hydrogens is 405 g/mol. The van der Waals surface area contributed by atoms with Gasteiger partial charge in [0.1, 0.15) is 6.79 Å². The third kappa shape index (κ3) is 4.39. The quantitative estimate of drug-likeness (QED) is 0.227. The van der Waals surface area contributed by atoms with Gasteiger partial charge >= 0.3 is 15.6 Å². The minimum Gasteiger partial charge on any atom is -0.359 e. The number of hydrogen-bond donors (Lipinski definition) is 0. The third-order valence-corrected chi connectivity index (χ3v) is 6.28. The van der Waals surface area contributed by atoms with Crippen LogP contribution in [0.3, 0.4) is 0 Å². The molecule has 0 bridgehead atoms. The Morgan fingerprint density at radius 2 is 2.07 bits per heavy atom. The molecule has 164 valence electrons. The maximum Gasteiger partial charge on any atom is 0.523 e. The van der Waals surface area contributed by atoms with Crippen molar-refractivity contribution >= 4 is 10.1 Å². The van der Waals surface area contributed by atoms with E-state index in [1.807, 2.05) is 0 Å². The molecule has 1 aliphatic carbocycles. The predicted molar refractivity (Wildman–Crippen MR) is 92.6 cm³/mol. The fourth-order valence-corrected chi connectivity index (χ4v) is 4.76. The number of allylic oxidation sites excluding steroid dienone is 1. The van der Waals surface area contributed by atoms with Crippen molar-refractivity contribution in [3.8, 4) is 0 Å². The van der Waals surface area contributed by atoms with E-state index in [0.29, 0.717) is 32.3 Å². The van der Waals surface area contributed by atoms with E-state index in [1.54, 1.807) is 13.0 Å². The lowest BCUT2D eigenvalue weighted by molar-refractivity contribution is -0.310. The lowest BCUT2D eigenvalue weighted by Gasteiger charge is -2.51. The van der Waals surface area contributed by atoms with Crippen molar-refractivity contribution in [2.75, 3.05) is 27.1 Å². The topological polar surface area (TPSA) is 80.3 Å². The summed E-state index contributed by atoms with van der Waals surface area (Å²) in [4.78, 5) is 0. The number of methoxy groups -OCH3 is 1. The molecule has 0 amide bonds. The number of ether oxygens (including phenoxy) is 4. The van der Waals surface area contributed by atoms with Crippen molar-refractivity contribution in [1.29, 1.82) is 0 Å². The molecule has 28 heavy (non-hydrogen) atoms. The highest BCUT2D eigenvalue weighted by Crippen LogP contribution is 2.59. The van der Waals surface area contributed by atoms with E-state index in [4.69, 9.17) is 18.9 Å². The highest BCUT2D eigenvalue weighted by atomic mass is 32.2. The summed E-state index contributed by atoms with van der Waals surface area (Å²) < 4.78 is 87.3.